The Balaban J connectivity index is 1.75. The fourth-order valence-corrected chi connectivity index (χ4v) is 2.57. The number of nitrogens with one attached hydrogen (secondary N) is 2. The molecule has 0 unspecified atom stereocenters. The molecule has 1 saturated heterocycles. The largest absolute Gasteiger partial charge is 0.477 e. The van der Waals surface area contributed by atoms with Gasteiger partial charge in [0.25, 0.3) is 0 Å². The summed E-state index contributed by atoms with van der Waals surface area (Å²) in [6, 6.07) is 6.48. The molecular weight excluding hydrogens is 336 g/mol. The van der Waals surface area contributed by atoms with Crippen molar-refractivity contribution in [1.29, 1.82) is 0 Å². The molecule has 2 heterocycles. The number of anilines is 1. The molecule has 1 aromatic carbocycles. The number of carboxylic acid groups (broad SMARTS) is 1. The van der Waals surface area contributed by atoms with E-state index in [1.165, 1.54) is 0 Å². The number of carbonyl (C=O) groups excluding carboxylic acids is 1. The van der Waals surface area contributed by atoms with Crippen LogP contribution in [0, 0.1) is 0 Å². The van der Waals surface area contributed by atoms with Gasteiger partial charge in [-0.2, -0.15) is 0 Å². The van der Waals surface area contributed by atoms with Crippen LogP contribution in [0.25, 0.3) is 11.3 Å². The van der Waals surface area contributed by atoms with E-state index in [1.54, 1.807) is 29.2 Å². The Morgan fingerprint density at radius 2 is 2.17 bits per heavy atom. The molecule has 9 heteroatoms. The summed E-state index contributed by atoms with van der Waals surface area (Å²) in [6.45, 7) is 2.04. The molecule has 0 saturated carbocycles. The zero-order valence-electron chi connectivity index (χ0n) is 12.6. The Morgan fingerprint density at radius 1 is 1.42 bits per heavy atom. The zero-order valence-corrected chi connectivity index (χ0v) is 13.3. The van der Waals surface area contributed by atoms with Crippen molar-refractivity contribution in [2.45, 2.75) is 0 Å². The SMILES string of the molecule is O=C(O)c1c(NCCN2CCNC2=O)noc1-c1ccc(Cl)cc1. The second kappa shape index (κ2) is 6.79. The molecule has 0 spiro atoms. The highest BCUT2D eigenvalue weighted by molar-refractivity contribution is 6.30. The lowest BCUT2D eigenvalue weighted by atomic mass is 10.1. The van der Waals surface area contributed by atoms with E-state index in [-0.39, 0.29) is 23.2 Å². The third-order valence-electron chi connectivity index (χ3n) is 3.63. The van der Waals surface area contributed by atoms with Gasteiger partial charge in [-0.05, 0) is 24.3 Å². The van der Waals surface area contributed by atoms with Gasteiger partial charge < -0.3 is 25.2 Å². The van der Waals surface area contributed by atoms with Crippen LogP contribution in [0.2, 0.25) is 5.02 Å². The van der Waals surface area contributed by atoms with E-state index in [9.17, 15) is 14.7 Å². The molecule has 1 aromatic heterocycles. The van der Waals surface area contributed by atoms with Gasteiger partial charge in [0.1, 0.15) is 0 Å². The number of hydrogen-bond acceptors (Lipinski definition) is 5. The number of benzene rings is 1. The van der Waals surface area contributed by atoms with Crippen molar-refractivity contribution in [3.05, 3.63) is 34.9 Å². The van der Waals surface area contributed by atoms with Crippen LogP contribution in [0.1, 0.15) is 10.4 Å². The van der Waals surface area contributed by atoms with Gasteiger partial charge in [0.05, 0.1) is 0 Å². The molecule has 0 aliphatic carbocycles. The van der Waals surface area contributed by atoms with E-state index in [0.717, 1.165) is 0 Å². The Hall–Kier alpha value is -2.74. The number of hydrogen-bond donors (Lipinski definition) is 3. The van der Waals surface area contributed by atoms with Crippen molar-refractivity contribution < 1.29 is 19.2 Å². The lowest BCUT2D eigenvalue weighted by molar-refractivity contribution is 0.0698. The lowest BCUT2D eigenvalue weighted by Crippen LogP contribution is -2.32. The predicted molar refractivity (Wildman–Crippen MR) is 87.4 cm³/mol. The van der Waals surface area contributed by atoms with E-state index >= 15 is 0 Å². The fraction of sp³-hybridized carbons (Fsp3) is 0.267. The van der Waals surface area contributed by atoms with Gasteiger partial charge >= 0.3 is 12.0 Å². The first-order valence-electron chi connectivity index (χ1n) is 7.32. The van der Waals surface area contributed by atoms with Crippen LogP contribution < -0.4 is 10.6 Å². The van der Waals surface area contributed by atoms with Gasteiger partial charge in [-0.1, -0.05) is 16.8 Å². The first-order valence-corrected chi connectivity index (χ1v) is 7.69. The van der Waals surface area contributed by atoms with Crippen LogP contribution in [-0.2, 0) is 0 Å². The number of carboxylic acids is 1. The lowest BCUT2D eigenvalue weighted by Gasteiger charge is -2.13. The Bertz CT molecular complexity index is 759. The first-order chi connectivity index (χ1) is 11.6. The van der Waals surface area contributed by atoms with E-state index < -0.39 is 5.97 Å². The summed E-state index contributed by atoms with van der Waals surface area (Å²) in [4.78, 5) is 24.7. The highest BCUT2D eigenvalue weighted by Gasteiger charge is 2.24. The van der Waals surface area contributed by atoms with Gasteiger partial charge in [-0.3, -0.25) is 0 Å². The third kappa shape index (κ3) is 3.28. The summed E-state index contributed by atoms with van der Waals surface area (Å²) >= 11 is 5.84. The second-order valence-corrected chi connectivity index (χ2v) is 5.63. The molecule has 1 aliphatic rings. The number of rotatable bonds is 6. The number of aromatic carboxylic acids is 1. The van der Waals surface area contributed by atoms with Crippen molar-refractivity contribution in [2.75, 3.05) is 31.5 Å². The number of amides is 2. The van der Waals surface area contributed by atoms with Crippen LogP contribution >= 0.6 is 11.6 Å². The Labute approximate surface area is 142 Å². The maximum absolute atomic E-state index is 11.6. The summed E-state index contributed by atoms with van der Waals surface area (Å²) < 4.78 is 5.20. The molecule has 1 fully saturated rings. The van der Waals surface area contributed by atoms with Crippen molar-refractivity contribution in [2.24, 2.45) is 0 Å². The minimum atomic E-state index is -1.15. The highest BCUT2D eigenvalue weighted by atomic mass is 35.5. The van der Waals surface area contributed by atoms with E-state index in [1.807, 2.05) is 0 Å². The monoisotopic (exact) mass is 350 g/mol. The Morgan fingerprint density at radius 3 is 2.79 bits per heavy atom. The van der Waals surface area contributed by atoms with E-state index in [0.29, 0.717) is 36.8 Å². The number of aromatic nitrogens is 1. The second-order valence-electron chi connectivity index (χ2n) is 5.19. The average molecular weight is 351 g/mol. The standard InChI is InChI=1S/C15H15ClN4O4/c16-10-3-1-9(2-4-10)12-11(14(21)22)13(19-24-12)17-5-7-20-8-6-18-15(20)23/h1-4H,5-8H2,(H,17,19)(H,18,23)(H,21,22). The minimum Gasteiger partial charge on any atom is -0.477 e. The minimum absolute atomic E-state index is 0.0526. The average Bonchev–Trinajstić information content (AvgIpc) is 3.15. The van der Waals surface area contributed by atoms with E-state index in [2.05, 4.69) is 15.8 Å². The third-order valence-corrected chi connectivity index (χ3v) is 3.88. The van der Waals surface area contributed by atoms with Crippen LogP contribution in [0.4, 0.5) is 10.6 Å². The molecule has 24 heavy (non-hydrogen) atoms. The predicted octanol–water partition coefficient (Wildman–Crippen LogP) is 2.13. The summed E-state index contributed by atoms with van der Waals surface area (Å²) in [6.07, 6.45) is 0. The Kier molecular flexibility index (Phi) is 4.57. The topological polar surface area (TPSA) is 108 Å². The van der Waals surface area contributed by atoms with Crippen LogP contribution in [0.3, 0.4) is 0 Å². The smallest absolute Gasteiger partial charge is 0.343 e. The van der Waals surface area contributed by atoms with Crippen LogP contribution in [0.5, 0.6) is 0 Å². The van der Waals surface area contributed by atoms with Crippen molar-refractivity contribution in [3.8, 4) is 11.3 Å². The van der Waals surface area contributed by atoms with Crippen molar-refractivity contribution in [1.82, 2.24) is 15.4 Å². The van der Waals surface area contributed by atoms with Gasteiger partial charge in [-0.25, -0.2) is 9.59 Å². The molecule has 3 rings (SSSR count). The van der Waals surface area contributed by atoms with Gasteiger partial charge in [-0.15, -0.1) is 0 Å². The first kappa shape index (κ1) is 16.1. The molecule has 2 amide bonds. The van der Waals surface area contributed by atoms with Gasteiger partial charge in [0.15, 0.2) is 17.1 Å². The van der Waals surface area contributed by atoms with Gasteiger partial charge in [0, 0.05) is 36.8 Å². The zero-order chi connectivity index (χ0) is 17.1. The molecule has 8 nitrogen and oxygen atoms in total. The number of urea groups is 1. The molecule has 126 valence electrons. The number of nitrogens with zero attached hydrogens (tertiary/aromatic N) is 2. The molecule has 0 atom stereocenters. The van der Waals surface area contributed by atoms with Crippen LogP contribution in [-0.4, -0.2) is 53.3 Å². The molecule has 2 aromatic rings. The van der Waals surface area contributed by atoms with Crippen molar-refractivity contribution >= 4 is 29.4 Å². The number of carbonyl (C=O) groups is 2. The molecule has 1 aliphatic heterocycles. The van der Waals surface area contributed by atoms with E-state index in [4.69, 9.17) is 16.1 Å². The normalized spacial score (nSPS) is 13.9. The van der Waals surface area contributed by atoms with Crippen LogP contribution in [0.15, 0.2) is 28.8 Å². The highest BCUT2D eigenvalue weighted by Crippen LogP contribution is 2.30. The maximum Gasteiger partial charge on any atom is 0.343 e. The molecule has 3 N–H and O–H groups in total. The number of halogens is 1. The summed E-state index contributed by atoms with van der Waals surface area (Å²) in [5.74, 6) is -0.866. The quantitative estimate of drug-likeness (QED) is 0.736. The maximum atomic E-state index is 11.6. The summed E-state index contributed by atoms with van der Waals surface area (Å²) in [7, 11) is 0. The summed E-state index contributed by atoms with van der Waals surface area (Å²) in [5, 5.41) is 19.4. The molecule has 0 bridgehead atoms. The van der Waals surface area contributed by atoms with Crippen molar-refractivity contribution in [3.63, 3.8) is 0 Å². The summed E-state index contributed by atoms with van der Waals surface area (Å²) in [5.41, 5.74) is 0.513. The fourth-order valence-electron chi connectivity index (χ4n) is 2.44. The molecule has 0 radical (unpaired) electrons. The molecular formula is C15H15ClN4O4. The van der Waals surface area contributed by atoms with Gasteiger partial charge in [0.2, 0.25) is 0 Å².